The topological polar surface area (TPSA) is 0 Å². The van der Waals surface area contributed by atoms with Gasteiger partial charge in [0.1, 0.15) is 0 Å². The van der Waals surface area contributed by atoms with Crippen LogP contribution in [0.5, 0.6) is 0 Å². The van der Waals surface area contributed by atoms with Crippen LogP contribution in [0.4, 0.5) is 0 Å². The first-order chi connectivity index (χ1) is 11.8. The first-order valence-electron chi connectivity index (χ1n) is 10.6. The minimum Gasteiger partial charge on any atom is -0.0891 e. The molecule has 1 rings (SSSR count). The summed E-state index contributed by atoms with van der Waals surface area (Å²) in [6, 6.07) is 0. The van der Waals surface area contributed by atoms with Crippen LogP contribution in [0.1, 0.15) is 117 Å². The van der Waals surface area contributed by atoms with E-state index >= 15 is 0 Å². The Morgan fingerprint density at radius 3 is 1.79 bits per heavy atom. The second kappa shape index (κ2) is 18.5. The number of hydrogen-bond acceptors (Lipinski definition) is 0. The summed E-state index contributed by atoms with van der Waals surface area (Å²) >= 11 is 0. The lowest BCUT2D eigenvalue weighted by Gasteiger charge is -2.30. The summed E-state index contributed by atoms with van der Waals surface area (Å²) < 4.78 is 0. The highest BCUT2D eigenvalue weighted by Gasteiger charge is 2.22. The average Bonchev–Trinajstić information content (AvgIpc) is 2.63. The second-order valence-corrected chi connectivity index (χ2v) is 7.33. The third-order valence-corrected chi connectivity index (χ3v) is 5.39. The molecule has 136 valence electrons. The standard InChI is InChI=1S/C12H19.C12H21/c1-3-5-8-12-10-7-6-9-11(12)4-2;1-3-5-7-9-11-12-10-8-6-4-2/h11-12H,4-10H2,2H3;3,5-12H2,1H3. The van der Waals surface area contributed by atoms with E-state index in [1.807, 2.05) is 0 Å². The average molecular weight is 329 g/mol. The molecule has 24 heavy (non-hydrogen) atoms. The van der Waals surface area contributed by atoms with Crippen LogP contribution in [-0.4, -0.2) is 0 Å². The molecule has 0 amide bonds. The molecule has 0 nitrogen and oxygen atoms in total. The maximum atomic E-state index is 6.89. The lowest BCUT2D eigenvalue weighted by molar-refractivity contribution is 0.220. The van der Waals surface area contributed by atoms with E-state index in [4.69, 9.17) is 12.8 Å². The Labute approximate surface area is 153 Å². The van der Waals surface area contributed by atoms with Gasteiger partial charge >= 0.3 is 0 Å². The molecule has 0 aromatic heterocycles. The van der Waals surface area contributed by atoms with E-state index in [9.17, 15) is 0 Å². The van der Waals surface area contributed by atoms with Gasteiger partial charge in [-0.15, -0.1) is 0 Å². The monoisotopic (exact) mass is 328 g/mol. The smallest absolute Gasteiger partial charge is 0.0102 e. The second-order valence-electron chi connectivity index (χ2n) is 7.33. The van der Waals surface area contributed by atoms with Crippen molar-refractivity contribution in [2.24, 2.45) is 11.8 Å². The predicted molar refractivity (Wildman–Crippen MR) is 106 cm³/mol. The molecule has 0 aromatic carbocycles. The molecule has 2 unspecified atom stereocenters. The quantitative estimate of drug-likeness (QED) is 0.269. The molecule has 0 saturated heterocycles. The van der Waals surface area contributed by atoms with Gasteiger partial charge in [0, 0.05) is 12.8 Å². The molecule has 0 bridgehead atoms. The fourth-order valence-corrected chi connectivity index (χ4v) is 3.81. The third-order valence-electron chi connectivity index (χ3n) is 5.39. The molecule has 0 heterocycles. The first kappa shape index (κ1) is 23.1. The minimum atomic E-state index is 0.856. The number of unbranched alkanes of at least 4 members (excludes halogenated alkanes) is 8. The summed E-state index contributed by atoms with van der Waals surface area (Å²) in [6.07, 6.45) is 34.3. The van der Waals surface area contributed by atoms with Crippen molar-refractivity contribution in [1.29, 1.82) is 0 Å². The van der Waals surface area contributed by atoms with Crippen LogP contribution in [-0.2, 0) is 0 Å². The van der Waals surface area contributed by atoms with E-state index in [2.05, 4.69) is 25.7 Å². The molecule has 2 atom stereocenters. The van der Waals surface area contributed by atoms with Gasteiger partial charge in [-0.2, -0.15) is 0 Å². The molecule has 1 aliphatic rings. The van der Waals surface area contributed by atoms with Crippen LogP contribution in [0, 0.1) is 36.5 Å². The van der Waals surface area contributed by atoms with Gasteiger partial charge in [-0.05, 0) is 37.5 Å². The fourth-order valence-electron chi connectivity index (χ4n) is 3.81. The van der Waals surface area contributed by atoms with Crippen molar-refractivity contribution in [3.05, 3.63) is 12.8 Å². The zero-order chi connectivity index (χ0) is 17.9. The van der Waals surface area contributed by atoms with E-state index in [-0.39, 0.29) is 0 Å². The minimum absolute atomic E-state index is 0.856. The summed E-state index contributed by atoms with van der Waals surface area (Å²) in [5.41, 5.74) is 0. The first-order valence-corrected chi connectivity index (χ1v) is 10.6. The number of rotatable bonds is 11. The van der Waals surface area contributed by atoms with Crippen molar-refractivity contribution >= 4 is 0 Å². The summed E-state index contributed by atoms with van der Waals surface area (Å²) in [6.45, 7) is 4.55. The van der Waals surface area contributed by atoms with Gasteiger partial charge in [-0.1, -0.05) is 103 Å². The Morgan fingerprint density at radius 1 is 0.708 bits per heavy atom. The van der Waals surface area contributed by atoms with Crippen LogP contribution in [0.2, 0.25) is 0 Å². The van der Waals surface area contributed by atoms with Crippen LogP contribution in [0.25, 0.3) is 0 Å². The molecule has 1 fully saturated rings. The lowest BCUT2D eigenvalue weighted by atomic mass is 9.76. The summed E-state index contributed by atoms with van der Waals surface area (Å²) in [7, 11) is 0. The van der Waals surface area contributed by atoms with Gasteiger partial charge in [0.15, 0.2) is 0 Å². The molecule has 0 spiro atoms. The molecule has 0 N–H and O–H groups in total. The Hall–Kier alpha value is -0.880. The van der Waals surface area contributed by atoms with E-state index < -0.39 is 0 Å². The fraction of sp³-hybridized carbons (Fsp3) is 0.833. The highest BCUT2D eigenvalue weighted by molar-refractivity contribution is 4.81. The maximum Gasteiger partial charge on any atom is 0.0102 e. The third kappa shape index (κ3) is 13.5. The van der Waals surface area contributed by atoms with Gasteiger partial charge < -0.3 is 0 Å². The van der Waals surface area contributed by atoms with Crippen LogP contribution < -0.4 is 0 Å². The molecular weight excluding hydrogens is 288 g/mol. The van der Waals surface area contributed by atoms with E-state index in [0.29, 0.717) is 0 Å². The van der Waals surface area contributed by atoms with Crippen molar-refractivity contribution in [1.82, 2.24) is 0 Å². The summed E-state index contributed by atoms with van der Waals surface area (Å²) in [4.78, 5) is 0. The molecule has 1 aliphatic carbocycles. The van der Waals surface area contributed by atoms with Crippen molar-refractivity contribution in [2.45, 2.75) is 117 Å². The molecule has 0 aromatic rings. The van der Waals surface area contributed by atoms with Gasteiger partial charge in [0.2, 0.25) is 0 Å². The van der Waals surface area contributed by atoms with Crippen molar-refractivity contribution in [3.8, 4) is 11.8 Å². The zero-order valence-electron chi connectivity index (χ0n) is 16.5. The Morgan fingerprint density at radius 2 is 1.25 bits per heavy atom. The molecule has 1 saturated carbocycles. The summed E-state index contributed by atoms with van der Waals surface area (Å²) in [5.74, 6) is 6.79. The molecule has 0 heteroatoms. The van der Waals surface area contributed by atoms with Gasteiger partial charge in [-0.25, -0.2) is 0 Å². The van der Waals surface area contributed by atoms with E-state index in [1.54, 1.807) is 0 Å². The van der Waals surface area contributed by atoms with Gasteiger partial charge in [0.25, 0.3) is 0 Å². The summed E-state index contributed by atoms with van der Waals surface area (Å²) in [5, 5.41) is 0. The lowest BCUT2D eigenvalue weighted by Crippen LogP contribution is -2.18. The highest BCUT2D eigenvalue weighted by atomic mass is 14.3. The molecule has 2 radical (unpaired) electrons. The molecule has 0 aliphatic heterocycles. The predicted octanol–water partition coefficient (Wildman–Crippen LogP) is 7.68. The van der Waals surface area contributed by atoms with Gasteiger partial charge in [-0.3, -0.25) is 0 Å². The van der Waals surface area contributed by atoms with Crippen LogP contribution in [0.15, 0.2) is 0 Å². The largest absolute Gasteiger partial charge is 0.0891 e. The normalized spacial score (nSPS) is 19.7. The van der Waals surface area contributed by atoms with E-state index in [0.717, 1.165) is 31.1 Å². The van der Waals surface area contributed by atoms with Crippen LogP contribution in [0.3, 0.4) is 0 Å². The Kier molecular flexibility index (Phi) is 17.8. The molecular formula is C24H40. The zero-order valence-corrected chi connectivity index (χ0v) is 16.5. The van der Waals surface area contributed by atoms with Gasteiger partial charge in [0.05, 0.1) is 0 Å². The SMILES string of the molecule is [C]#CCCC1CCCCC1CC.[C]#CCCCCCCCCCC. The van der Waals surface area contributed by atoms with Crippen molar-refractivity contribution in [3.63, 3.8) is 0 Å². The van der Waals surface area contributed by atoms with Crippen LogP contribution >= 0.6 is 0 Å². The van der Waals surface area contributed by atoms with Crippen molar-refractivity contribution in [2.75, 3.05) is 0 Å². The van der Waals surface area contributed by atoms with E-state index in [1.165, 1.54) is 83.5 Å². The number of hydrogen-bond donors (Lipinski definition) is 0. The Bertz CT molecular complexity index is 327. The van der Waals surface area contributed by atoms with Crippen molar-refractivity contribution < 1.29 is 0 Å². The highest BCUT2D eigenvalue weighted by Crippen LogP contribution is 2.34. The maximum absolute atomic E-state index is 6.89. The Balaban J connectivity index is 0.000000441.